The molecule has 1 saturated heterocycles. The smallest absolute Gasteiger partial charge is 0.256 e. The lowest BCUT2D eigenvalue weighted by Crippen LogP contribution is -2.17. The summed E-state index contributed by atoms with van der Waals surface area (Å²) in [7, 11) is 1.73. The van der Waals surface area contributed by atoms with Crippen molar-refractivity contribution in [2.24, 2.45) is 0 Å². The van der Waals surface area contributed by atoms with Crippen LogP contribution in [0.4, 0.5) is 29.3 Å². The molecule has 0 amide bonds. The quantitative estimate of drug-likeness (QED) is 0.386. The van der Waals surface area contributed by atoms with Gasteiger partial charge in [-0.15, -0.1) is 5.10 Å². The van der Waals surface area contributed by atoms with Crippen LogP contribution in [0.1, 0.15) is 25.6 Å². The number of rotatable bonds is 5. The monoisotopic (exact) mass is 509 g/mol. The maximum absolute atomic E-state index is 12.9. The lowest BCUT2D eigenvalue weighted by molar-refractivity contribution is 0.127. The van der Waals surface area contributed by atoms with Crippen LogP contribution in [-0.2, 0) is 6.54 Å². The van der Waals surface area contributed by atoms with E-state index < -0.39 is 19.9 Å². The Kier molecular flexibility index (Phi) is 9.39. The number of anilines is 2. The zero-order valence-corrected chi connectivity index (χ0v) is 20.6. The number of nitrogens with zero attached hydrogens (tertiary/aromatic N) is 7. The highest BCUT2D eigenvalue weighted by Gasteiger charge is 2.17. The van der Waals surface area contributed by atoms with Crippen molar-refractivity contribution < 1.29 is 17.6 Å². The topological polar surface area (TPSA) is 102 Å². The van der Waals surface area contributed by atoms with Crippen molar-refractivity contribution in [3.8, 4) is 11.3 Å². The number of likely N-dealkylation sites (tertiary alicyclic amines) is 1. The Bertz CT molecular complexity index is 1270. The summed E-state index contributed by atoms with van der Waals surface area (Å²) in [5.41, 5.74) is 8.78. The number of fused-ring (bicyclic) bond motifs is 2. The number of hydrogen-bond acceptors (Lipinski definition) is 7. The number of alkyl halides is 4. The van der Waals surface area contributed by atoms with E-state index in [1.54, 1.807) is 36.8 Å². The molecule has 1 aliphatic heterocycles. The first-order valence-corrected chi connectivity index (χ1v) is 11.6. The maximum atomic E-state index is 12.9. The standard InChI is InChI=1S/C16H16F2N8.C6H13N.CH2F2/c1-8-21-11-4-3-10(22-15(11)25(8)7-12(17)18)9-5-6-26-13(9)14(20-2)23-16(19)24-26;1-2-7-5-3-4-6-7;2-1-3/h3-6,12H,7H2,1-2H3,(H3,19,20,23,24);2-6H2,1H3;1H2. The number of pyridine rings is 1. The first-order valence-electron chi connectivity index (χ1n) is 11.6. The molecule has 196 valence electrons. The zero-order chi connectivity index (χ0) is 26.2. The number of nitrogen functional groups attached to an aromatic ring is 1. The highest BCUT2D eigenvalue weighted by atomic mass is 19.3. The fourth-order valence-electron chi connectivity index (χ4n) is 4.14. The molecule has 1 aliphatic rings. The Hall–Kier alpha value is -3.48. The normalized spacial score (nSPS) is 13.6. The lowest BCUT2D eigenvalue weighted by atomic mass is 10.2. The summed E-state index contributed by atoms with van der Waals surface area (Å²) in [5.74, 6) is 1.19. The molecule has 5 rings (SSSR count). The summed E-state index contributed by atoms with van der Waals surface area (Å²) in [4.78, 5) is 15.6. The minimum absolute atomic E-state index is 0.137. The minimum Gasteiger partial charge on any atom is -0.371 e. The fourth-order valence-corrected chi connectivity index (χ4v) is 4.14. The van der Waals surface area contributed by atoms with Crippen molar-refractivity contribution in [2.75, 3.05) is 44.7 Å². The fraction of sp³-hybridized carbons (Fsp3) is 0.478. The second-order valence-electron chi connectivity index (χ2n) is 8.03. The predicted molar refractivity (Wildman–Crippen MR) is 133 cm³/mol. The molecule has 0 aliphatic carbocycles. The van der Waals surface area contributed by atoms with Crippen molar-refractivity contribution >= 4 is 28.4 Å². The Labute approximate surface area is 206 Å². The van der Waals surface area contributed by atoms with E-state index in [9.17, 15) is 17.6 Å². The van der Waals surface area contributed by atoms with E-state index in [1.807, 2.05) is 6.07 Å². The largest absolute Gasteiger partial charge is 0.371 e. The van der Waals surface area contributed by atoms with Crippen LogP contribution >= 0.6 is 0 Å². The molecule has 5 heterocycles. The number of imidazole rings is 1. The van der Waals surface area contributed by atoms with Gasteiger partial charge < -0.3 is 20.5 Å². The molecule has 4 aromatic rings. The van der Waals surface area contributed by atoms with E-state index in [4.69, 9.17) is 5.73 Å². The van der Waals surface area contributed by atoms with Gasteiger partial charge in [0.2, 0.25) is 12.9 Å². The van der Waals surface area contributed by atoms with Gasteiger partial charge in [-0.3, -0.25) is 0 Å². The Morgan fingerprint density at radius 3 is 2.36 bits per heavy atom. The molecule has 9 nitrogen and oxygen atoms in total. The van der Waals surface area contributed by atoms with Crippen LogP contribution in [0, 0.1) is 6.92 Å². The third-order valence-electron chi connectivity index (χ3n) is 5.79. The number of aromatic nitrogens is 6. The van der Waals surface area contributed by atoms with E-state index in [1.165, 1.54) is 37.0 Å². The van der Waals surface area contributed by atoms with E-state index in [0.29, 0.717) is 34.0 Å². The molecular weight excluding hydrogens is 478 g/mol. The summed E-state index contributed by atoms with van der Waals surface area (Å²) in [6, 6.07) is 5.40. The van der Waals surface area contributed by atoms with Gasteiger partial charge in [0.05, 0.1) is 12.2 Å². The van der Waals surface area contributed by atoms with Crippen molar-refractivity contribution in [3.63, 3.8) is 0 Å². The van der Waals surface area contributed by atoms with Gasteiger partial charge in [0.1, 0.15) is 16.9 Å². The summed E-state index contributed by atoms with van der Waals surface area (Å²) < 4.78 is 48.1. The van der Waals surface area contributed by atoms with Crippen molar-refractivity contribution in [3.05, 3.63) is 30.2 Å². The zero-order valence-electron chi connectivity index (χ0n) is 20.6. The third-order valence-corrected chi connectivity index (χ3v) is 5.79. The summed E-state index contributed by atoms with van der Waals surface area (Å²) in [6.45, 7) is 5.66. The number of hydrogen-bond donors (Lipinski definition) is 2. The molecule has 1 fully saturated rings. The first-order chi connectivity index (χ1) is 17.3. The first kappa shape index (κ1) is 27.1. The van der Waals surface area contributed by atoms with Crippen LogP contribution in [0.3, 0.4) is 0 Å². The number of halogens is 4. The van der Waals surface area contributed by atoms with Crippen molar-refractivity contribution in [2.45, 2.75) is 39.7 Å². The van der Waals surface area contributed by atoms with Crippen LogP contribution in [0.2, 0.25) is 0 Å². The van der Waals surface area contributed by atoms with Gasteiger partial charge in [-0.05, 0) is 57.6 Å². The average Bonchev–Trinajstić information content (AvgIpc) is 3.59. The Morgan fingerprint density at radius 1 is 1.08 bits per heavy atom. The summed E-state index contributed by atoms with van der Waals surface area (Å²) >= 11 is 0. The van der Waals surface area contributed by atoms with Crippen LogP contribution in [0.25, 0.3) is 27.9 Å². The molecule has 36 heavy (non-hydrogen) atoms. The number of nitrogens with one attached hydrogen (secondary N) is 1. The molecule has 13 heteroatoms. The molecule has 3 N–H and O–H groups in total. The van der Waals surface area contributed by atoms with Gasteiger partial charge in [-0.1, -0.05) is 6.92 Å². The van der Waals surface area contributed by atoms with E-state index in [2.05, 4.69) is 37.2 Å². The van der Waals surface area contributed by atoms with E-state index >= 15 is 0 Å². The minimum atomic E-state index is -2.49. The van der Waals surface area contributed by atoms with Gasteiger partial charge >= 0.3 is 0 Å². The second-order valence-corrected chi connectivity index (χ2v) is 8.03. The maximum Gasteiger partial charge on any atom is 0.256 e. The molecule has 0 saturated carbocycles. The van der Waals surface area contributed by atoms with Gasteiger partial charge in [-0.2, -0.15) is 4.98 Å². The van der Waals surface area contributed by atoms with Crippen LogP contribution in [-0.4, -0.2) is 74.1 Å². The molecule has 0 unspecified atom stereocenters. The highest BCUT2D eigenvalue weighted by molar-refractivity contribution is 5.89. The Morgan fingerprint density at radius 2 is 1.78 bits per heavy atom. The van der Waals surface area contributed by atoms with Gasteiger partial charge in [-0.25, -0.2) is 32.0 Å². The van der Waals surface area contributed by atoms with E-state index in [-0.39, 0.29) is 5.95 Å². The molecule has 0 aromatic carbocycles. The van der Waals surface area contributed by atoms with Gasteiger partial charge in [0.15, 0.2) is 11.5 Å². The third kappa shape index (κ3) is 6.20. The van der Waals surface area contributed by atoms with Crippen molar-refractivity contribution in [1.82, 2.24) is 34.0 Å². The van der Waals surface area contributed by atoms with Crippen LogP contribution in [0.15, 0.2) is 24.4 Å². The van der Waals surface area contributed by atoms with Gasteiger partial charge in [0, 0.05) is 18.8 Å². The average molecular weight is 510 g/mol. The summed E-state index contributed by atoms with van der Waals surface area (Å²) in [6.07, 6.45) is 2.11. The number of nitrogens with two attached hydrogens (primary N) is 1. The van der Waals surface area contributed by atoms with Crippen molar-refractivity contribution in [1.29, 1.82) is 0 Å². The lowest BCUT2D eigenvalue weighted by Gasteiger charge is -2.08. The molecule has 0 spiro atoms. The predicted octanol–water partition coefficient (Wildman–Crippen LogP) is 4.32. The van der Waals surface area contributed by atoms with Crippen LogP contribution < -0.4 is 11.1 Å². The summed E-state index contributed by atoms with van der Waals surface area (Å²) in [5, 5.41) is 7.14. The van der Waals surface area contributed by atoms with E-state index in [0.717, 1.165) is 5.56 Å². The molecule has 4 aromatic heterocycles. The van der Waals surface area contributed by atoms with Gasteiger partial charge in [0.25, 0.3) is 6.43 Å². The van der Waals surface area contributed by atoms with Crippen LogP contribution in [0.5, 0.6) is 0 Å². The Balaban J connectivity index is 0.000000304. The highest BCUT2D eigenvalue weighted by Crippen LogP contribution is 2.30. The second kappa shape index (κ2) is 12.5. The molecule has 0 atom stereocenters. The molecule has 0 radical (unpaired) electrons. The molecular formula is C23H31F4N9. The molecule has 0 bridgehead atoms. The number of aryl methyl sites for hydroxylation is 1. The SMILES string of the molecule is CCN1CCCC1.CNc1nc(N)nn2ccc(-c3ccc4nc(C)n(CC(F)F)c4n3)c12.FCF.